The van der Waals surface area contributed by atoms with Crippen molar-refractivity contribution in [3.63, 3.8) is 0 Å². The van der Waals surface area contributed by atoms with Crippen LogP contribution in [-0.2, 0) is 24.3 Å². The molecule has 10 nitrogen and oxygen atoms in total. The van der Waals surface area contributed by atoms with Gasteiger partial charge in [0.15, 0.2) is 6.61 Å². The molecule has 0 fully saturated rings. The number of sulfonamides is 1. The van der Waals surface area contributed by atoms with Crippen LogP contribution in [0, 0.1) is 10.1 Å². The number of carbonyl (C=O) groups excluding carboxylic acids is 2. The molecule has 0 saturated carbocycles. The highest BCUT2D eigenvalue weighted by Gasteiger charge is 2.18. The number of anilines is 1. The fourth-order valence-corrected chi connectivity index (χ4v) is 3.85. The van der Waals surface area contributed by atoms with E-state index in [-0.39, 0.29) is 21.3 Å². The van der Waals surface area contributed by atoms with Crippen LogP contribution in [0.15, 0.2) is 65.6 Å². The molecule has 0 spiro atoms. The van der Waals surface area contributed by atoms with Crippen molar-refractivity contribution in [2.75, 3.05) is 18.5 Å². The van der Waals surface area contributed by atoms with Gasteiger partial charge in [-0.3, -0.25) is 19.7 Å². The summed E-state index contributed by atoms with van der Waals surface area (Å²) >= 11 is 5.88. The quantitative estimate of drug-likeness (QED) is 0.288. The zero-order valence-corrected chi connectivity index (χ0v) is 17.9. The molecule has 12 heteroatoms. The van der Waals surface area contributed by atoms with Crippen LogP contribution in [0.2, 0.25) is 5.02 Å². The molecular weight excluding hydrogens is 462 g/mol. The van der Waals surface area contributed by atoms with Gasteiger partial charge in [-0.05, 0) is 29.0 Å². The van der Waals surface area contributed by atoms with Gasteiger partial charge in [-0.25, -0.2) is 8.42 Å². The summed E-state index contributed by atoms with van der Waals surface area (Å²) in [6, 6.07) is 15.2. The molecule has 0 aromatic heterocycles. The van der Waals surface area contributed by atoms with Crippen molar-refractivity contribution in [3.05, 3.63) is 75.8 Å². The molecule has 0 aliphatic heterocycles. The zero-order chi connectivity index (χ0) is 23.3. The van der Waals surface area contributed by atoms with Crippen molar-refractivity contribution in [3.8, 4) is 0 Å². The van der Waals surface area contributed by atoms with Crippen LogP contribution >= 0.6 is 11.6 Å². The Morgan fingerprint density at radius 3 is 2.47 bits per heavy atom. The van der Waals surface area contributed by atoms with E-state index in [4.69, 9.17) is 16.3 Å². The molecule has 3 aromatic carbocycles. The van der Waals surface area contributed by atoms with E-state index >= 15 is 0 Å². The van der Waals surface area contributed by atoms with Crippen LogP contribution in [0.5, 0.6) is 0 Å². The van der Waals surface area contributed by atoms with Gasteiger partial charge in [-0.1, -0.05) is 41.9 Å². The summed E-state index contributed by atoms with van der Waals surface area (Å²) < 4.78 is 31.7. The maximum absolute atomic E-state index is 12.4. The van der Waals surface area contributed by atoms with Gasteiger partial charge in [0.05, 0.1) is 20.5 Å². The van der Waals surface area contributed by atoms with Crippen LogP contribution in [0.4, 0.5) is 11.4 Å². The Kier molecular flexibility index (Phi) is 7.03. The summed E-state index contributed by atoms with van der Waals surface area (Å²) in [5.41, 5.74) is -0.316. The molecule has 0 aliphatic carbocycles. The molecule has 0 unspecified atom stereocenters. The number of hydrogen-bond acceptors (Lipinski definition) is 7. The number of nitrogens with zero attached hydrogens (tertiary/aromatic N) is 1. The monoisotopic (exact) mass is 477 g/mol. The summed E-state index contributed by atoms with van der Waals surface area (Å²) in [5.74, 6) is -1.80. The fourth-order valence-electron chi connectivity index (χ4n) is 2.68. The fraction of sp³-hybridized carbons (Fsp3) is 0.100. The lowest BCUT2D eigenvalue weighted by Crippen LogP contribution is -2.32. The second-order valence-corrected chi connectivity index (χ2v) is 8.64. The van der Waals surface area contributed by atoms with E-state index in [1.807, 2.05) is 12.1 Å². The molecule has 2 N–H and O–H groups in total. The molecule has 3 rings (SSSR count). The normalized spacial score (nSPS) is 11.2. The third kappa shape index (κ3) is 5.78. The first-order valence-corrected chi connectivity index (χ1v) is 10.9. The number of esters is 1. The zero-order valence-electron chi connectivity index (χ0n) is 16.3. The average molecular weight is 478 g/mol. The van der Waals surface area contributed by atoms with E-state index in [1.165, 1.54) is 24.3 Å². The van der Waals surface area contributed by atoms with Crippen LogP contribution in [0.25, 0.3) is 10.8 Å². The third-order valence-corrected chi connectivity index (χ3v) is 5.97. The van der Waals surface area contributed by atoms with Gasteiger partial charge in [0.1, 0.15) is 6.54 Å². The molecule has 0 heterocycles. The van der Waals surface area contributed by atoms with E-state index in [1.54, 1.807) is 18.2 Å². The van der Waals surface area contributed by atoms with Crippen LogP contribution in [0.1, 0.15) is 0 Å². The number of carbonyl (C=O) groups is 2. The van der Waals surface area contributed by atoms with Gasteiger partial charge in [-0.15, -0.1) is 0 Å². The van der Waals surface area contributed by atoms with Gasteiger partial charge in [-0.2, -0.15) is 4.72 Å². The van der Waals surface area contributed by atoms with Crippen LogP contribution in [-0.4, -0.2) is 38.4 Å². The number of nitro benzene ring substituents is 1. The lowest BCUT2D eigenvalue weighted by molar-refractivity contribution is -0.384. The third-order valence-electron chi connectivity index (χ3n) is 4.24. The number of non-ortho nitro benzene ring substituents is 1. The summed E-state index contributed by atoms with van der Waals surface area (Å²) in [6.07, 6.45) is 0. The van der Waals surface area contributed by atoms with Crippen molar-refractivity contribution in [1.82, 2.24) is 4.72 Å². The minimum Gasteiger partial charge on any atom is -0.455 e. The molecule has 0 radical (unpaired) electrons. The predicted octanol–water partition coefficient (Wildman–Crippen LogP) is 2.86. The Bertz CT molecular complexity index is 1310. The molecule has 0 saturated heterocycles. The topological polar surface area (TPSA) is 145 Å². The van der Waals surface area contributed by atoms with E-state index in [0.717, 1.165) is 16.8 Å². The van der Waals surface area contributed by atoms with Crippen molar-refractivity contribution >= 4 is 55.6 Å². The molecule has 0 aliphatic rings. The smallest absolute Gasteiger partial charge is 0.321 e. The Morgan fingerprint density at radius 1 is 1.03 bits per heavy atom. The summed E-state index contributed by atoms with van der Waals surface area (Å²) in [4.78, 5) is 33.9. The minimum absolute atomic E-state index is 0.0259. The number of rotatable bonds is 8. The Balaban J connectivity index is 1.53. The van der Waals surface area contributed by atoms with Gasteiger partial charge in [0.25, 0.3) is 11.6 Å². The summed E-state index contributed by atoms with van der Waals surface area (Å²) in [5, 5.41) is 14.7. The van der Waals surface area contributed by atoms with E-state index in [0.29, 0.717) is 0 Å². The summed E-state index contributed by atoms with van der Waals surface area (Å²) in [6.45, 7) is -1.43. The van der Waals surface area contributed by atoms with Crippen molar-refractivity contribution in [2.24, 2.45) is 0 Å². The lowest BCUT2D eigenvalue weighted by atomic mass is 10.1. The molecule has 32 heavy (non-hydrogen) atoms. The summed E-state index contributed by atoms with van der Waals surface area (Å²) in [7, 11) is -3.99. The molecule has 166 valence electrons. The number of nitro groups is 1. The largest absolute Gasteiger partial charge is 0.455 e. The molecule has 1 amide bonds. The standard InChI is InChI=1S/C20H16ClN3O7S/c21-17-8-6-15(24(27)28)10-18(17)23-19(25)12-31-20(26)11-22-32(29,30)16-7-5-13-3-1-2-4-14(13)9-16/h1-10,22H,11-12H2,(H,23,25). The van der Waals surface area contributed by atoms with E-state index < -0.39 is 40.0 Å². The molecular formula is C20H16ClN3O7S. The minimum atomic E-state index is -3.99. The van der Waals surface area contributed by atoms with E-state index in [9.17, 15) is 28.1 Å². The van der Waals surface area contributed by atoms with Crippen molar-refractivity contribution in [1.29, 1.82) is 0 Å². The number of ether oxygens (including phenoxy) is 1. The first kappa shape index (κ1) is 23.1. The van der Waals surface area contributed by atoms with Gasteiger partial charge in [0, 0.05) is 12.1 Å². The van der Waals surface area contributed by atoms with Crippen molar-refractivity contribution < 1.29 is 27.7 Å². The maximum atomic E-state index is 12.4. The first-order valence-electron chi connectivity index (χ1n) is 9.03. The highest BCUT2D eigenvalue weighted by molar-refractivity contribution is 7.89. The van der Waals surface area contributed by atoms with Gasteiger partial charge < -0.3 is 10.1 Å². The number of nitrogens with one attached hydrogen (secondary N) is 2. The molecule has 0 atom stereocenters. The van der Waals surface area contributed by atoms with Crippen LogP contribution in [0.3, 0.4) is 0 Å². The highest BCUT2D eigenvalue weighted by atomic mass is 35.5. The average Bonchev–Trinajstić information content (AvgIpc) is 2.77. The lowest BCUT2D eigenvalue weighted by Gasteiger charge is -2.09. The highest BCUT2D eigenvalue weighted by Crippen LogP contribution is 2.26. The maximum Gasteiger partial charge on any atom is 0.321 e. The number of hydrogen-bond donors (Lipinski definition) is 2. The van der Waals surface area contributed by atoms with E-state index in [2.05, 4.69) is 10.0 Å². The van der Waals surface area contributed by atoms with Crippen molar-refractivity contribution in [2.45, 2.75) is 4.90 Å². The Hall–Kier alpha value is -3.54. The van der Waals surface area contributed by atoms with Gasteiger partial charge in [0.2, 0.25) is 10.0 Å². The number of benzene rings is 3. The second kappa shape index (κ2) is 9.73. The van der Waals surface area contributed by atoms with Crippen LogP contribution < -0.4 is 10.0 Å². The predicted molar refractivity (Wildman–Crippen MR) is 117 cm³/mol. The first-order chi connectivity index (χ1) is 15.2. The SMILES string of the molecule is O=C(COC(=O)CNS(=O)(=O)c1ccc2ccccc2c1)Nc1cc([N+](=O)[O-])ccc1Cl. The molecule has 3 aromatic rings. The number of fused-ring (bicyclic) bond motifs is 1. The Labute approximate surface area is 187 Å². The second-order valence-electron chi connectivity index (χ2n) is 6.46. The molecule has 0 bridgehead atoms. The van der Waals surface area contributed by atoms with Gasteiger partial charge >= 0.3 is 5.97 Å². The number of halogens is 1. The Morgan fingerprint density at radius 2 is 1.75 bits per heavy atom. The number of amides is 1.